The molecule has 7 nitrogen and oxygen atoms in total. The Morgan fingerprint density at radius 3 is 2.71 bits per heavy atom. The zero-order chi connectivity index (χ0) is 15.6. The number of nitrogens with zero attached hydrogens (tertiary/aromatic N) is 3. The molecule has 1 aromatic heterocycles. The second-order valence-electron chi connectivity index (χ2n) is 4.85. The van der Waals surface area contributed by atoms with Crippen LogP contribution in [0.3, 0.4) is 0 Å². The molecule has 1 unspecified atom stereocenters. The number of hydrogen-bond donors (Lipinski definition) is 1. The van der Waals surface area contributed by atoms with Gasteiger partial charge in [0.1, 0.15) is 0 Å². The van der Waals surface area contributed by atoms with Crippen molar-refractivity contribution in [3.63, 3.8) is 0 Å². The Morgan fingerprint density at radius 2 is 2.19 bits per heavy atom. The van der Waals surface area contributed by atoms with E-state index in [9.17, 15) is 10.1 Å². The predicted molar refractivity (Wildman–Crippen MR) is 79.6 cm³/mol. The highest BCUT2D eigenvalue weighted by molar-refractivity contribution is 5.59. The lowest BCUT2D eigenvalue weighted by atomic mass is 10.1. The molecular formula is C14H18N4O3. The Kier molecular flexibility index (Phi) is 4.11. The molecule has 0 bridgehead atoms. The van der Waals surface area contributed by atoms with Crippen LogP contribution in [0, 0.1) is 17.0 Å². The summed E-state index contributed by atoms with van der Waals surface area (Å²) in [5.41, 5.74) is 2.59. The van der Waals surface area contributed by atoms with Gasteiger partial charge in [0.05, 0.1) is 23.8 Å². The molecule has 7 heteroatoms. The molecule has 2 aromatic rings. The number of anilines is 1. The maximum absolute atomic E-state index is 11.0. The predicted octanol–water partition coefficient (Wildman–Crippen LogP) is 2.82. The summed E-state index contributed by atoms with van der Waals surface area (Å²) in [6.45, 7) is 3.92. The molecule has 1 atom stereocenters. The first-order chi connectivity index (χ1) is 9.92. The van der Waals surface area contributed by atoms with Gasteiger partial charge >= 0.3 is 5.69 Å². The molecule has 2 rings (SSSR count). The number of nitro benzene ring substituents is 1. The highest BCUT2D eigenvalue weighted by Gasteiger charge is 2.17. The Bertz CT molecular complexity index is 666. The van der Waals surface area contributed by atoms with Crippen molar-refractivity contribution >= 4 is 11.4 Å². The summed E-state index contributed by atoms with van der Waals surface area (Å²) in [5, 5.41) is 18.6. The van der Waals surface area contributed by atoms with Gasteiger partial charge in [0, 0.05) is 30.6 Å². The number of ether oxygens (including phenoxy) is 1. The van der Waals surface area contributed by atoms with Gasteiger partial charge in [0.15, 0.2) is 5.75 Å². The third-order valence-electron chi connectivity index (χ3n) is 3.28. The van der Waals surface area contributed by atoms with Gasteiger partial charge in [-0.25, -0.2) is 0 Å². The summed E-state index contributed by atoms with van der Waals surface area (Å²) in [6, 6.07) is 4.81. The molecule has 112 valence electrons. The zero-order valence-corrected chi connectivity index (χ0v) is 12.5. The van der Waals surface area contributed by atoms with Crippen LogP contribution in [-0.4, -0.2) is 21.8 Å². The minimum Gasteiger partial charge on any atom is -0.490 e. The average Bonchev–Trinajstić information content (AvgIpc) is 2.77. The molecule has 1 aromatic carbocycles. The number of nitrogens with one attached hydrogen (secondary N) is 1. The van der Waals surface area contributed by atoms with E-state index in [1.165, 1.54) is 13.2 Å². The van der Waals surface area contributed by atoms with Crippen LogP contribution in [0.25, 0.3) is 0 Å². The van der Waals surface area contributed by atoms with Gasteiger partial charge in [0.25, 0.3) is 0 Å². The Labute approximate surface area is 122 Å². The van der Waals surface area contributed by atoms with Crippen LogP contribution >= 0.6 is 0 Å². The first kappa shape index (κ1) is 14.8. The lowest BCUT2D eigenvalue weighted by Crippen LogP contribution is -2.07. The topological polar surface area (TPSA) is 82.2 Å². The fraction of sp³-hybridized carbons (Fsp3) is 0.357. The third-order valence-corrected chi connectivity index (χ3v) is 3.28. The maximum Gasteiger partial charge on any atom is 0.312 e. The van der Waals surface area contributed by atoms with Crippen LogP contribution in [0.5, 0.6) is 5.75 Å². The van der Waals surface area contributed by atoms with Crippen LogP contribution in [-0.2, 0) is 7.05 Å². The molecule has 0 aliphatic carbocycles. The van der Waals surface area contributed by atoms with E-state index in [0.29, 0.717) is 5.69 Å². The van der Waals surface area contributed by atoms with Gasteiger partial charge < -0.3 is 10.1 Å². The number of nitro groups is 1. The van der Waals surface area contributed by atoms with Crippen LogP contribution in [0.15, 0.2) is 24.4 Å². The van der Waals surface area contributed by atoms with E-state index < -0.39 is 4.92 Å². The molecule has 21 heavy (non-hydrogen) atoms. The molecule has 0 aliphatic rings. The molecule has 0 fully saturated rings. The van der Waals surface area contributed by atoms with Crippen molar-refractivity contribution in [2.24, 2.45) is 7.05 Å². The molecular weight excluding hydrogens is 272 g/mol. The highest BCUT2D eigenvalue weighted by Crippen LogP contribution is 2.31. The molecule has 0 spiro atoms. The fourth-order valence-corrected chi connectivity index (χ4v) is 2.29. The molecule has 0 amide bonds. The van der Waals surface area contributed by atoms with Crippen molar-refractivity contribution in [3.8, 4) is 5.75 Å². The number of aryl methyl sites for hydroxylation is 2. The van der Waals surface area contributed by atoms with Crippen LogP contribution in [0.2, 0.25) is 0 Å². The molecule has 0 radical (unpaired) electrons. The molecule has 0 aliphatic heterocycles. The summed E-state index contributed by atoms with van der Waals surface area (Å²) in [6.07, 6.45) is 1.94. The van der Waals surface area contributed by atoms with E-state index in [1.807, 2.05) is 27.1 Å². The van der Waals surface area contributed by atoms with Crippen molar-refractivity contribution in [1.82, 2.24) is 9.78 Å². The number of rotatable bonds is 5. The van der Waals surface area contributed by atoms with Crippen molar-refractivity contribution in [3.05, 3.63) is 45.8 Å². The van der Waals surface area contributed by atoms with Crippen LogP contribution in [0.4, 0.5) is 11.4 Å². The Hall–Kier alpha value is -2.57. The summed E-state index contributed by atoms with van der Waals surface area (Å²) < 4.78 is 6.74. The summed E-state index contributed by atoms with van der Waals surface area (Å²) >= 11 is 0. The SMILES string of the molecule is COc1ccc(NC(C)c2cn(C)nc2C)cc1[N+](=O)[O-]. The molecule has 1 N–H and O–H groups in total. The molecule has 0 saturated carbocycles. The Balaban J connectivity index is 2.25. The monoisotopic (exact) mass is 290 g/mol. The molecule has 0 saturated heterocycles. The van der Waals surface area contributed by atoms with Crippen molar-refractivity contribution in [2.75, 3.05) is 12.4 Å². The lowest BCUT2D eigenvalue weighted by Gasteiger charge is -2.15. The standard InChI is InChI=1S/C14H18N4O3/c1-9(12-8-17(3)16-10(12)2)15-11-5-6-14(21-4)13(7-11)18(19)20/h5-9,15H,1-4H3. The number of aromatic nitrogens is 2. The van der Waals surface area contributed by atoms with Crippen LogP contribution < -0.4 is 10.1 Å². The van der Waals surface area contributed by atoms with E-state index in [2.05, 4.69) is 10.4 Å². The van der Waals surface area contributed by atoms with Gasteiger partial charge in [-0.2, -0.15) is 5.10 Å². The second-order valence-corrected chi connectivity index (χ2v) is 4.85. The zero-order valence-electron chi connectivity index (χ0n) is 12.5. The summed E-state index contributed by atoms with van der Waals surface area (Å²) in [4.78, 5) is 10.6. The minimum atomic E-state index is -0.454. The first-order valence-electron chi connectivity index (χ1n) is 6.51. The van der Waals surface area contributed by atoms with Crippen LogP contribution in [0.1, 0.15) is 24.2 Å². The highest BCUT2D eigenvalue weighted by atomic mass is 16.6. The quantitative estimate of drug-likeness (QED) is 0.676. The van der Waals surface area contributed by atoms with Gasteiger partial charge in [-0.1, -0.05) is 0 Å². The van der Waals surface area contributed by atoms with E-state index in [0.717, 1.165) is 11.3 Å². The number of benzene rings is 1. The second kappa shape index (κ2) is 5.82. The fourth-order valence-electron chi connectivity index (χ4n) is 2.29. The molecule has 1 heterocycles. The van der Waals surface area contributed by atoms with Gasteiger partial charge in [-0.05, 0) is 26.0 Å². The maximum atomic E-state index is 11.0. The smallest absolute Gasteiger partial charge is 0.312 e. The average molecular weight is 290 g/mol. The normalized spacial score (nSPS) is 12.0. The number of methoxy groups -OCH3 is 1. The summed E-state index contributed by atoms with van der Waals surface area (Å²) in [5.74, 6) is 0.246. The lowest BCUT2D eigenvalue weighted by molar-refractivity contribution is -0.385. The van der Waals surface area contributed by atoms with Crippen molar-refractivity contribution in [2.45, 2.75) is 19.9 Å². The largest absolute Gasteiger partial charge is 0.490 e. The van der Waals surface area contributed by atoms with Crippen molar-refractivity contribution in [1.29, 1.82) is 0 Å². The first-order valence-corrected chi connectivity index (χ1v) is 6.51. The van der Waals surface area contributed by atoms with Crippen molar-refractivity contribution < 1.29 is 9.66 Å². The van der Waals surface area contributed by atoms with Gasteiger partial charge in [-0.3, -0.25) is 14.8 Å². The van der Waals surface area contributed by atoms with Gasteiger partial charge in [0.2, 0.25) is 0 Å². The van der Waals surface area contributed by atoms with E-state index in [4.69, 9.17) is 4.74 Å². The number of hydrogen-bond acceptors (Lipinski definition) is 5. The minimum absolute atomic E-state index is 0.00769. The van der Waals surface area contributed by atoms with E-state index >= 15 is 0 Å². The van der Waals surface area contributed by atoms with E-state index in [-0.39, 0.29) is 17.5 Å². The van der Waals surface area contributed by atoms with Gasteiger partial charge in [-0.15, -0.1) is 0 Å². The third kappa shape index (κ3) is 3.13. The summed E-state index contributed by atoms with van der Waals surface area (Å²) in [7, 11) is 3.28. The van der Waals surface area contributed by atoms with E-state index in [1.54, 1.807) is 16.8 Å². The Morgan fingerprint density at radius 1 is 1.48 bits per heavy atom.